The van der Waals surface area contributed by atoms with Crippen LogP contribution in [-0.2, 0) is 11.2 Å². The summed E-state index contributed by atoms with van der Waals surface area (Å²) in [4.78, 5) is 14.9. The molecule has 0 aliphatic rings. The largest absolute Gasteiger partial charge is 0.480 e. The molecular weight excluding hydrogens is 260 g/mol. The third-order valence-corrected chi connectivity index (χ3v) is 3.60. The van der Waals surface area contributed by atoms with Crippen LogP contribution in [0.25, 0.3) is 11.3 Å². The number of carboxylic acids is 1. The van der Waals surface area contributed by atoms with Gasteiger partial charge in [0.05, 0.1) is 17.2 Å². The Kier molecular flexibility index (Phi) is 4.65. The molecule has 0 amide bonds. The van der Waals surface area contributed by atoms with Crippen molar-refractivity contribution in [1.29, 1.82) is 0 Å². The third-order valence-electron chi connectivity index (χ3n) is 2.69. The highest BCUT2D eigenvalue weighted by Gasteiger charge is 2.04. The average Bonchev–Trinajstić information content (AvgIpc) is 2.84. The zero-order chi connectivity index (χ0) is 13.7. The first kappa shape index (κ1) is 13.7. The van der Waals surface area contributed by atoms with E-state index >= 15 is 0 Å². The number of nitrogens with zero attached hydrogens (tertiary/aromatic N) is 1. The molecular formula is C14H16N2O2S. The van der Waals surface area contributed by atoms with E-state index in [2.05, 4.69) is 41.5 Å². The molecule has 1 heterocycles. The van der Waals surface area contributed by atoms with Gasteiger partial charge in [0.25, 0.3) is 0 Å². The Labute approximate surface area is 116 Å². The molecule has 0 radical (unpaired) electrons. The minimum Gasteiger partial charge on any atom is -0.480 e. The molecule has 100 valence electrons. The molecule has 0 fully saturated rings. The summed E-state index contributed by atoms with van der Waals surface area (Å²) in [7, 11) is 0. The topological polar surface area (TPSA) is 62.2 Å². The first-order valence-corrected chi connectivity index (χ1v) is 6.97. The first-order chi connectivity index (χ1) is 9.15. The normalized spacial score (nSPS) is 10.6. The maximum atomic E-state index is 10.4. The van der Waals surface area contributed by atoms with Crippen LogP contribution in [0.5, 0.6) is 0 Å². The highest BCUT2D eigenvalue weighted by Crippen LogP contribution is 2.22. The molecule has 0 unspecified atom stereocenters. The van der Waals surface area contributed by atoms with Gasteiger partial charge < -0.3 is 10.4 Å². The molecule has 4 nitrogen and oxygen atoms in total. The van der Waals surface area contributed by atoms with Crippen molar-refractivity contribution in [3.63, 3.8) is 0 Å². The summed E-state index contributed by atoms with van der Waals surface area (Å²) in [6, 6.07) is 8.28. The fourth-order valence-corrected chi connectivity index (χ4v) is 2.48. The maximum absolute atomic E-state index is 10.4. The standard InChI is InChI=1S/C14H16N2O2S/c1-10-2-4-11(5-3-10)12-9-19-13(16-12)6-7-15-8-14(17)18/h2-5,9,15H,6-8H2,1H3,(H,17,18). The average molecular weight is 276 g/mol. The lowest BCUT2D eigenvalue weighted by Crippen LogP contribution is -2.24. The molecule has 0 spiro atoms. The van der Waals surface area contributed by atoms with Crippen molar-refractivity contribution in [3.05, 3.63) is 40.2 Å². The smallest absolute Gasteiger partial charge is 0.317 e. The van der Waals surface area contributed by atoms with Gasteiger partial charge >= 0.3 is 5.97 Å². The van der Waals surface area contributed by atoms with Crippen molar-refractivity contribution in [2.45, 2.75) is 13.3 Å². The predicted molar refractivity (Wildman–Crippen MR) is 76.5 cm³/mol. The number of rotatable bonds is 6. The van der Waals surface area contributed by atoms with E-state index in [1.807, 2.05) is 5.38 Å². The van der Waals surface area contributed by atoms with Gasteiger partial charge in [-0.15, -0.1) is 11.3 Å². The van der Waals surface area contributed by atoms with E-state index in [4.69, 9.17) is 5.11 Å². The summed E-state index contributed by atoms with van der Waals surface area (Å²) in [5, 5.41) is 14.4. The van der Waals surface area contributed by atoms with E-state index in [9.17, 15) is 4.79 Å². The number of carbonyl (C=O) groups is 1. The van der Waals surface area contributed by atoms with E-state index in [-0.39, 0.29) is 6.54 Å². The fraction of sp³-hybridized carbons (Fsp3) is 0.286. The van der Waals surface area contributed by atoms with Crippen LogP contribution in [0.4, 0.5) is 0 Å². The predicted octanol–water partition coefficient (Wildman–Crippen LogP) is 2.34. The number of hydrogen-bond acceptors (Lipinski definition) is 4. The molecule has 0 atom stereocenters. The number of aryl methyl sites for hydroxylation is 1. The molecule has 2 aromatic rings. The monoisotopic (exact) mass is 276 g/mol. The van der Waals surface area contributed by atoms with Crippen molar-refractivity contribution in [1.82, 2.24) is 10.3 Å². The fourth-order valence-electron chi connectivity index (χ4n) is 1.67. The first-order valence-electron chi connectivity index (χ1n) is 6.09. The maximum Gasteiger partial charge on any atom is 0.317 e. The number of nitrogens with one attached hydrogen (secondary N) is 1. The number of hydrogen-bond donors (Lipinski definition) is 2. The van der Waals surface area contributed by atoms with Gasteiger partial charge in [-0.1, -0.05) is 29.8 Å². The Bertz CT molecular complexity index is 549. The summed E-state index contributed by atoms with van der Waals surface area (Å²) in [6.07, 6.45) is 0.754. The van der Waals surface area contributed by atoms with E-state index in [0.29, 0.717) is 6.54 Å². The van der Waals surface area contributed by atoms with Crippen molar-refractivity contribution < 1.29 is 9.90 Å². The SMILES string of the molecule is Cc1ccc(-c2csc(CCNCC(=O)O)n2)cc1. The van der Waals surface area contributed by atoms with Gasteiger partial charge in [-0.2, -0.15) is 0 Å². The number of aliphatic carboxylic acids is 1. The lowest BCUT2D eigenvalue weighted by molar-refractivity contribution is -0.135. The summed E-state index contributed by atoms with van der Waals surface area (Å²) < 4.78 is 0. The lowest BCUT2D eigenvalue weighted by Gasteiger charge is -1.99. The van der Waals surface area contributed by atoms with Gasteiger partial charge in [0, 0.05) is 23.9 Å². The molecule has 0 aliphatic heterocycles. The summed E-state index contributed by atoms with van der Waals surface area (Å²) >= 11 is 1.61. The Morgan fingerprint density at radius 2 is 2.11 bits per heavy atom. The van der Waals surface area contributed by atoms with Crippen molar-refractivity contribution in [2.24, 2.45) is 0 Å². The molecule has 0 aliphatic carbocycles. The van der Waals surface area contributed by atoms with Crippen LogP contribution in [0.15, 0.2) is 29.6 Å². The quantitative estimate of drug-likeness (QED) is 0.795. The van der Waals surface area contributed by atoms with Crippen LogP contribution in [0.3, 0.4) is 0 Å². The minimum atomic E-state index is -0.834. The summed E-state index contributed by atoms with van der Waals surface area (Å²) in [5.74, 6) is -0.834. The highest BCUT2D eigenvalue weighted by molar-refractivity contribution is 7.09. The number of benzene rings is 1. The molecule has 19 heavy (non-hydrogen) atoms. The number of thiazole rings is 1. The van der Waals surface area contributed by atoms with Gasteiger partial charge in [-0.3, -0.25) is 4.79 Å². The molecule has 0 saturated heterocycles. The van der Waals surface area contributed by atoms with Gasteiger partial charge in [-0.05, 0) is 6.92 Å². The van der Waals surface area contributed by atoms with Crippen LogP contribution < -0.4 is 5.32 Å². The van der Waals surface area contributed by atoms with E-state index in [0.717, 1.165) is 22.7 Å². The molecule has 1 aromatic carbocycles. The Hall–Kier alpha value is -1.72. The molecule has 1 aromatic heterocycles. The Balaban J connectivity index is 1.91. The van der Waals surface area contributed by atoms with Crippen molar-refractivity contribution >= 4 is 17.3 Å². The second-order valence-electron chi connectivity index (χ2n) is 4.31. The molecule has 0 saturated carbocycles. The highest BCUT2D eigenvalue weighted by atomic mass is 32.1. The number of aromatic nitrogens is 1. The zero-order valence-corrected chi connectivity index (χ0v) is 11.5. The van der Waals surface area contributed by atoms with Gasteiger partial charge in [0.2, 0.25) is 0 Å². The van der Waals surface area contributed by atoms with Crippen LogP contribution in [0.1, 0.15) is 10.6 Å². The van der Waals surface area contributed by atoms with Crippen molar-refractivity contribution in [2.75, 3.05) is 13.1 Å². The third kappa shape index (κ3) is 4.15. The van der Waals surface area contributed by atoms with E-state index in [1.165, 1.54) is 5.56 Å². The van der Waals surface area contributed by atoms with Crippen LogP contribution in [0, 0.1) is 6.92 Å². The summed E-state index contributed by atoms with van der Waals surface area (Å²) in [5.41, 5.74) is 3.34. The zero-order valence-electron chi connectivity index (χ0n) is 10.7. The minimum absolute atomic E-state index is 0.00378. The van der Waals surface area contributed by atoms with Crippen LogP contribution in [0.2, 0.25) is 0 Å². The second kappa shape index (κ2) is 6.45. The molecule has 2 N–H and O–H groups in total. The number of carboxylic acid groups (broad SMARTS) is 1. The van der Waals surface area contributed by atoms with Gasteiger partial charge in [-0.25, -0.2) is 4.98 Å². The summed E-state index contributed by atoms with van der Waals surface area (Å²) in [6.45, 7) is 2.69. The Morgan fingerprint density at radius 1 is 1.37 bits per heavy atom. The van der Waals surface area contributed by atoms with Crippen LogP contribution >= 0.6 is 11.3 Å². The molecule has 5 heteroatoms. The lowest BCUT2D eigenvalue weighted by atomic mass is 10.1. The van der Waals surface area contributed by atoms with Gasteiger partial charge in [0.1, 0.15) is 0 Å². The second-order valence-corrected chi connectivity index (χ2v) is 5.26. The Morgan fingerprint density at radius 3 is 2.79 bits per heavy atom. The van der Waals surface area contributed by atoms with Crippen LogP contribution in [-0.4, -0.2) is 29.1 Å². The van der Waals surface area contributed by atoms with E-state index in [1.54, 1.807) is 11.3 Å². The van der Waals surface area contributed by atoms with Gasteiger partial charge in [0.15, 0.2) is 0 Å². The van der Waals surface area contributed by atoms with Crippen molar-refractivity contribution in [3.8, 4) is 11.3 Å². The molecule has 0 bridgehead atoms. The molecule has 2 rings (SSSR count). The van der Waals surface area contributed by atoms with E-state index < -0.39 is 5.97 Å².